The van der Waals surface area contributed by atoms with Crippen molar-refractivity contribution in [3.05, 3.63) is 24.5 Å². The van der Waals surface area contributed by atoms with Gasteiger partial charge >= 0.3 is 6.03 Å². The number of aliphatic imine (C=N–C) groups is 1. The van der Waals surface area contributed by atoms with E-state index >= 15 is 0 Å². The van der Waals surface area contributed by atoms with Crippen molar-refractivity contribution in [1.82, 2.24) is 15.2 Å². The van der Waals surface area contributed by atoms with Crippen molar-refractivity contribution < 1.29 is 4.79 Å². The molecule has 0 atom stereocenters. The van der Waals surface area contributed by atoms with Crippen LogP contribution in [0, 0.1) is 0 Å². The minimum atomic E-state index is -0.181. The molecule has 0 unspecified atom stereocenters. The summed E-state index contributed by atoms with van der Waals surface area (Å²) in [5.41, 5.74) is 6.30. The van der Waals surface area contributed by atoms with Crippen LogP contribution >= 0.6 is 0 Å². The lowest BCUT2D eigenvalue weighted by molar-refractivity contribution is 0.191. The van der Waals surface area contributed by atoms with Crippen LogP contribution in [0.25, 0.3) is 0 Å². The van der Waals surface area contributed by atoms with Crippen LogP contribution in [0.4, 0.5) is 10.5 Å². The molecule has 6 heteroatoms. The van der Waals surface area contributed by atoms with Gasteiger partial charge in [-0.1, -0.05) is 0 Å². The van der Waals surface area contributed by atoms with Gasteiger partial charge in [0.05, 0.1) is 11.9 Å². The quantitative estimate of drug-likeness (QED) is 0.578. The molecule has 1 aromatic heterocycles. The largest absolute Gasteiger partial charge is 0.369 e. The number of hydrogen-bond donors (Lipinski definition) is 2. The van der Waals surface area contributed by atoms with E-state index in [0.29, 0.717) is 5.69 Å². The van der Waals surface area contributed by atoms with E-state index in [2.05, 4.69) is 15.3 Å². The monoisotopic (exact) mass is 247 g/mol. The van der Waals surface area contributed by atoms with E-state index in [-0.39, 0.29) is 12.0 Å². The summed E-state index contributed by atoms with van der Waals surface area (Å²) < 4.78 is 0. The number of aromatic nitrogens is 1. The third-order valence-corrected chi connectivity index (χ3v) is 2.77. The molecule has 1 aliphatic heterocycles. The number of nitrogens with one attached hydrogen (secondary N) is 1. The van der Waals surface area contributed by atoms with Gasteiger partial charge in [0.1, 0.15) is 0 Å². The normalized spacial score (nSPS) is 16.4. The van der Waals surface area contributed by atoms with Crippen LogP contribution in [0.3, 0.4) is 0 Å². The van der Waals surface area contributed by atoms with Gasteiger partial charge < -0.3 is 10.6 Å². The Morgan fingerprint density at radius 3 is 2.83 bits per heavy atom. The van der Waals surface area contributed by atoms with Gasteiger partial charge in [0.15, 0.2) is 0 Å². The molecule has 18 heavy (non-hydrogen) atoms. The van der Waals surface area contributed by atoms with Crippen molar-refractivity contribution in [1.29, 1.82) is 0 Å². The lowest BCUT2D eigenvalue weighted by Gasteiger charge is -2.26. The van der Waals surface area contributed by atoms with Gasteiger partial charge in [0, 0.05) is 19.3 Å². The van der Waals surface area contributed by atoms with E-state index in [1.165, 1.54) is 6.42 Å². The first-order valence-corrected chi connectivity index (χ1v) is 6.06. The van der Waals surface area contributed by atoms with Crippen LogP contribution in [0.5, 0.6) is 0 Å². The lowest BCUT2D eigenvalue weighted by Crippen LogP contribution is -2.47. The highest BCUT2D eigenvalue weighted by molar-refractivity contribution is 5.96. The molecular weight excluding hydrogens is 230 g/mol. The smallest absolute Gasteiger partial charge is 0.324 e. The van der Waals surface area contributed by atoms with Crippen molar-refractivity contribution in [2.75, 3.05) is 13.1 Å². The van der Waals surface area contributed by atoms with Crippen LogP contribution in [0.1, 0.15) is 19.3 Å². The Balaban J connectivity index is 1.92. The summed E-state index contributed by atoms with van der Waals surface area (Å²) in [6.07, 6.45) is 6.52. The number of rotatable bonds is 1. The minimum absolute atomic E-state index is 0.0959. The van der Waals surface area contributed by atoms with E-state index in [0.717, 1.165) is 25.9 Å². The molecule has 0 aromatic carbocycles. The topological polar surface area (TPSA) is 83.6 Å². The summed E-state index contributed by atoms with van der Waals surface area (Å²) in [7, 11) is 0. The Bertz CT molecular complexity index is 425. The third-order valence-electron chi connectivity index (χ3n) is 2.77. The van der Waals surface area contributed by atoms with Crippen molar-refractivity contribution >= 4 is 17.7 Å². The molecule has 1 aromatic rings. The van der Waals surface area contributed by atoms with Crippen molar-refractivity contribution in [3.63, 3.8) is 0 Å². The lowest BCUT2D eigenvalue weighted by atomic mass is 10.1. The van der Waals surface area contributed by atoms with Crippen LogP contribution in [-0.4, -0.2) is 35.0 Å². The molecule has 2 amide bonds. The number of urea groups is 1. The van der Waals surface area contributed by atoms with Crippen LogP contribution in [0.2, 0.25) is 0 Å². The summed E-state index contributed by atoms with van der Waals surface area (Å²) in [5, 5.41) is 2.59. The van der Waals surface area contributed by atoms with E-state index in [4.69, 9.17) is 5.73 Å². The molecule has 96 valence electrons. The van der Waals surface area contributed by atoms with Gasteiger partial charge in [-0.2, -0.15) is 0 Å². The Morgan fingerprint density at radius 1 is 1.39 bits per heavy atom. The number of nitrogens with two attached hydrogens (primary N) is 1. The van der Waals surface area contributed by atoms with Crippen molar-refractivity contribution in [2.45, 2.75) is 19.3 Å². The molecule has 3 N–H and O–H groups in total. The first-order valence-electron chi connectivity index (χ1n) is 6.06. The van der Waals surface area contributed by atoms with Crippen molar-refractivity contribution in [2.24, 2.45) is 10.7 Å². The Kier molecular flexibility index (Phi) is 4.11. The van der Waals surface area contributed by atoms with Gasteiger partial charge in [-0.3, -0.25) is 10.3 Å². The highest BCUT2D eigenvalue weighted by Crippen LogP contribution is 2.09. The summed E-state index contributed by atoms with van der Waals surface area (Å²) in [6.45, 7) is 1.57. The predicted molar refractivity (Wildman–Crippen MR) is 69.5 cm³/mol. The molecule has 6 nitrogen and oxygen atoms in total. The highest BCUT2D eigenvalue weighted by atomic mass is 16.2. The zero-order valence-electron chi connectivity index (χ0n) is 10.2. The summed E-state index contributed by atoms with van der Waals surface area (Å²) in [5.74, 6) is 0.0959. The zero-order valence-corrected chi connectivity index (χ0v) is 10.2. The second-order valence-corrected chi connectivity index (χ2v) is 4.19. The number of nitrogens with zero attached hydrogens (tertiary/aromatic N) is 3. The number of amides is 2. The van der Waals surface area contributed by atoms with Crippen LogP contribution in [-0.2, 0) is 0 Å². The average molecular weight is 247 g/mol. The zero-order chi connectivity index (χ0) is 12.8. The average Bonchev–Trinajstić information content (AvgIpc) is 2.40. The fourth-order valence-corrected chi connectivity index (χ4v) is 1.87. The van der Waals surface area contributed by atoms with Gasteiger partial charge in [0.25, 0.3) is 0 Å². The number of carbonyl (C=O) groups is 1. The fourth-order valence-electron chi connectivity index (χ4n) is 1.87. The highest BCUT2D eigenvalue weighted by Gasteiger charge is 2.16. The van der Waals surface area contributed by atoms with E-state index in [1.807, 2.05) is 0 Å². The molecule has 2 heterocycles. The standard InChI is InChI=1S/C12H17N5O/c13-11(15-10-5-4-6-14-9-10)16-12(18)17-7-2-1-3-8-17/h4-6,9H,1-3,7-8H2,(H3,13,15,16,18). The Labute approximate surface area is 106 Å². The van der Waals surface area contributed by atoms with Crippen molar-refractivity contribution in [3.8, 4) is 0 Å². The first kappa shape index (κ1) is 12.3. The van der Waals surface area contributed by atoms with Gasteiger partial charge in [-0.25, -0.2) is 9.79 Å². The third kappa shape index (κ3) is 3.44. The second-order valence-electron chi connectivity index (χ2n) is 4.19. The number of likely N-dealkylation sites (tertiary alicyclic amines) is 1. The number of pyridine rings is 1. The molecule has 1 aliphatic rings. The maximum Gasteiger partial charge on any atom is 0.324 e. The maximum atomic E-state index is 11.8. The van der Waals surface area contributed by atoms with Crippen LogP contribution < -0.4 is 11.1 Å². The Hall–Kier alpha value is -2.11. The number of guanidine groups is 1. The molecule has 0 aliphatic carbocycles. The van der Waals surface area contributed by atoms with E-state index in [9.17, 15) is 4.79 Å². The second kappa shape index (κ2) is 6.00. The SMILES string of the molecule is NC(=Nc1cccnc1)NC(=O)N1CCCCC1. The number of piperidine rings is 1. The number of hydrogen-bond acceptors (Lipinski definition) is 3. The molecule has 0 bridgehead atoms. The molecule has 1 saturated heterocycles. The van der Waals surface area contributed by atoms with Crippen LogP contribution in [0.15, 0.2) is 29.5 Å². The van der Waals surface area contributed by atoms with E-state index in [1.54, 1.807) is 29.4 Å². The number of carbonyl (C=O) groups excluding carboxylic acids is 1. The predicted octanol–water partition coefficient (Wildman–Crippen LogP) is 1.22. The van der Waals surface area contributed by atoms with Gasteiger partial charge in [-0.15, -0.1) is 0 Å². The maximum absolute atomic E-state index is 11.8. The van der Waals surface area contributed by atoms with Gasteiger partial charge in [-0.05, 0) is 31.4 Å². The van der Waals surface area contributed by atoms with Gasteiger partial charge in [0.2, 0.25) is 5.96 Å². The molecule has 1 fully saturated rings. The molecule has 0 spiro atoms. The molecule has 0 saturated carbocycles. The molecule has 0 radical (unpaired) electrons. The summed E-state index contributed by atoms with van der Waals surface area (Å²) >= 11 is 0. The molecular formula is C12H17N5O. The Morgan fingerprint density at radius 2 is 2.17 bits per heavy atom. The fraction of sp³-hybridized carbons (Fsp3) is 0.417. The minimum Gasteiger partial charge on any atom is -0.369 e. The summed E-state index contributed by atoms with van der Waals surface area (Å²) in [6, 6.07) is 3.35. The summed E-state index contributed by atoms with van der Waals surface area (Å²) in [4.78, 5) is 21.6. The van der Waals surface area contributed by atoms with E-state index < -0.39 is 0 Å². The first-order chi connectivity index (χ1) is 8.75. The molecule has 2 rings (SSSR count).